The van der Waals surface area contributed by atoms with Crippen LogP contribution in [0.4, 0.5) is 14.5 Å². The predicted molar refractivity (Wildman–Crippen MR) is 464 cm³/mol. The number of nitrogens with one attached hydrogen (secondary N) is 6. The summed E-state index contributed by atoms with van der Waals surface area (Å²) in [5.74, 6) is 4.68. The van der Waals surface area contributed by atoms with E-state index in [2.05, 4.69) is 53.8 Å². The molecule has 0 bridgehead atoms. The number of Topliss-reactive ketones (excluding diaryl/α,β-unsaturated/α-hetero) is 1. The number of ether oxygens (including phenoxy) is 10. The minimum absolute atomic E-state index is 0.00143. The fraction of sp³-hybridized carbons (Fsp3) is 0.685. The van der Waals surface area contributed by atoms with Crippen molar-refractivity contribution in [1.29, 1.82) is 0 Å². The first-order chi connectivity index (χ1) is 62.3. The maximum Gasteiger partial charge on any atom is 0.246 e. The number of fused-ring (bicyclic) bond motifs is 9. The van der Waals surface area contributed by atoms with Crippen LogP contribution in [-0.4, -0.2) is 307 Å². The average molecular weight is 1830 g/mol. The Hall–Kier alpha value is -8.57. The predicted octanol–water partition coefficient (Wildman–Crippen LogP) is 1.74. The molecule has 15 N–H and O–H groups in total. The summed E-state index contributed by atoms with van der Waals surface area (Å²) in [5.41, 5.74) is -3.87. The SMILES string of the molecule is CCCC1O[C@@H]2C[C@H]3[C@@H]4C[C@H](F)C5=CC(=O)C=C[C@]5(C)[C@@]4(F)[C@@H](O)C[C@]3(C)[C@]2(C(=O)CNC(=O)[C@H](C)NC(=O)[C@@H](NC(=O)[C@@H](CCCCNC(=O)COC2CCCCCC(=N[C@H]3O[C@H](CO)[C@@H](O[C@H]4O[C@H](CC)[C@@H](O)[C@H](O)[C@H]4O)[C@H](O)[C@H]3O)C2=NN)NC(=O)CCOCCOCCOCCOCCNC(=O)CCC(=O)N2Cc3ccccc3C#Cc3ccccc32)C(C)C)O1. The first-order valence-electron chi connectivity index (χ1n) is 45.6. The second kappa shape index (κ2) is 46.9. The standard InChI is InChI=1S/C92H130F2N10O26/c1-8-19-75-128-70-46-58-59-45-61(93)60-44-57(106)31-33-89(60,6)91(59,94)68(107)47-90(58,7)92(70,130-75)69(108)48-98-84(118)53(5)99-86(120)76(52(3)4)102-85(119)63(100-72(110)32-36-121-38-40-123-42-43-124-41-39-122-37-35-97-71(109)29-30-74(112)104-49-56-22-14-13-20-54(56)27-28-55-21-15-16-25-64(55)104)24-17-18-34-96-73(111)51-125-66-26-12-10-11-23-62(77(66)103-95)101-87-81(116)80(115)83(67(50-105)126-87)129-88-82(117)79(114)78(113)65(9-2)127-88/h13-16,20-22,25,31,33,44,52-53,58-59,61,63,65-68,70,75-76,78-83,87-88,105,107,113-117H,8-12,17-19,23-24,26,29-30,32,34-43,45-51,95H2,1-7H3,(H,96,111)(H,97,109)(H,98,118)(H,99,120)(H,100,110)(H,102,119)/t53-,58-,59-,61-,63+,65+,66?,67+,68-,70+,75?,76-,78+,79-,80+,81+,82+,83+,87-,88+,89-,90-,91-,92+/m0/s1. The zero-order valence-electron chi connectivity index (χ0n) is 75.0. The Morgan fingerprint density at radius 3 is 2.11 bits per heavy atom. The molecule has 0 radical (unpaired) electrons. The first kappa shape index (κ1) is 102. The van der Waals surface area contributed by atoms with Gasteiger partial charge in [-0.25, -0.2) is 8.78 Å². The number of aliphatic imine (C=N–C) groups is 1. The van der Waals surface area contributed by atoms with Gasteiger partial charge in [0.05, 0.1) is 102 Å². The van der Waals surface area contributed by atoms with E-state index in [0.717, 1.165) is 22.8 Å². The highest BCUT2D eigenvalue weighted by atomic mass is 19.1. The van der Waals surface area contributed by atoms with Crippen molar-refractivity contribution in [2.75, 3.05) is 90.6 Å². The van der Waals surface area contributed by atoms with E-state index in [1.54, 1.807) is 32.6 Å². The van der Waals surface area contributed by atoms with Crippen LogP contribution in [-0.2, 0) is 97.1 Å². The van der Waals surface area contributed by atoms with Gasteiger partial charge in [0.25, 0.3) is 0 Å². The van der Waals surface area contributed by atoms with Crippen molar-refractivity contribution in [3.05, 3.63) is 89.0 Å². The first-order valence-corrected chi connectivity index (χ1v) is 45.6. The van der Waals surface area contributed by atoms with Crippen LogP contribution < -0.4 is 42.6 Å². The molecule has 38 heteroatoms. The third kappa shape index (κ3) is 23.6. The van der Waals surface area contributed by atoms with Gasteiger partial charge in [0.2, 0.25) is 41.4 Å². The third-order valence-electron chi connectivity index (χ3n) is 26.6. The van der Waals surface area contributed by atoms with Gasteiger partial charge in [-0.1, -0.05) is 102 Å². The molecule has 7 amide bonds. The normalized spacial score (nSPS) is 32.2. The summed E-state index contributed by atoms with van der Waals surface area (Å²) in [5, 5.41) is 97.2. The van der Waals surface area contributed by atoms with Gasteiger partial charge in [-0.05, 0) is 138 Å². The number of hydrogen-bond acceptors (Lipinski definition) is 29. The minimum atomic E-state index is -2.45. The highest BCUT2D eigenvalue weighted by molar-refractivity contribution is 6.44. The number of hydrogen-bond donors (Lipinski definition) is 14. The molecule has 36 nitrogen and oxygen atoms in total. The van der Waals surface area contributed by atoms with Crippen molar-refractivity contribution in [3.8, 4) is 11.8 Å². The molecule has 0 aromatic heterocycles. The Bertz CT molecular complexity index is 4450. The van der Waals surface area contributed by atoms with Crippen LogP contribution in [0.25, 0.3) is 0 Å². The molecule has 4 aliphatic heterocycles. The van der Waals surface area contributed by atoms with E-state index in [-0.39, 0.29) is 165 Å². The molecular weight excluding hydrogens is 1700 g/mol. The van der Waals surface area contributed by atoms with Crippen LogP contribution in [0.3, 0.4) is 0 Å². The number of allylic oxidation sites excluding steroid dienone is 4. The fourth-order valence-corrected chi connectivity index (χ4v) is 19.5. The summed E-state index contributed by atoms with van der Waals surface area (Å²) in [6.45, 7) is 11.4. The fourth-order valence-electron chi connectivity index (χ4n) is 19.5. The van der Waals surface area contributed by atoms with Crippen LogP contribution in [0.1, 0.15) is 174 Å². The summed E-state index contributed by atoms with van der Waals surface area (Å²) < 4.78 is 93.8. The monoisotopic (exact) mass is 1830 g/mol. The lowest BCUT2D eigenvalue weighted by Gasteiger charge is -2.63. The Balaban J connectivity index is 0.642. The summed E-state index contributed by atoms with van der Waals surface area (Å²) >= 11 is 0. The molecule has 11 rings (SSSR count). The Morgan fingerprint density at radius 1 is 0.708 bits per heavy atom. The van der Waals surface area contributed by atoms with Gasteiger partial charge in [0.15, 0.2) is 41.6 Å². The largest absolute Gasteiger partial charge is 0.394 e. The molecule has 2 unspecified atom stereocenters. The lowest BCUT2D eigenvalue weighted by Crippen LogP contribution is -2.71. The molecule has 9 aliphatic rings. The van der Waals surface area contributed by atoms with Gasteiger partial charge in [0.1, 0.15) is 85.4 Å². The van der Waals surface area contributed by atoms with Gasteiger partial charge >= 0.3 is 0 Å². The van der Waals surface area contributed by atoms with Crippen LogP contribution >= 0.6 is 0 Å². The third-order valence-corrected chi connectivity index (χ3v) is 26.6. The molecule has 5 aliphatic carbocycles. The van der Waals surface area contributed by atoms with E-state index in [1.807, 2.05) is 55.5 Å². The van der Waals surface area contributed by atoms with Gasteiger partial charge in [-0.2, -0.15) is 5.10 Å². The van der Waals surface area contributed by atoms with Gasteiger partial charge < -0.3 is 126 Å². The molecule has 4 saturated carbocycles. The van der Waals surface area contributed by atoms with Gasteiger partial charge in [-0.15, -0.1) is 0 Å². The van der Waals surface area contributed by atoms with Crippen molar-refractivity contribution in [2.45, 2.75) is 286 Å². The number of anilines is 1. The number of hydrazone groups is 1. The van der Waals surface area contributed by atoms with E-state index < -0.39 is 211 Å². The number of carbonyl (C=O) groups excluding carboxylic acids is 9. The Morgan fingerprint density at radius 2 is 1.40 bits per heavy atom. The number of aliphatic hydroxyl groups excluding tert-OH is 7. The number of ketones is 2. The van der Waals surface area contributed by atoms with Crippen LogP contribution in [0.2, 0.25) is 0 Å². The van der Waals surface area contributed by atoms with Gasteiger partial charge in [0, 0.05) is 60.2 Å². The quantitative estimate of drug-likeness (QED) is 0.0195. The smallest absolute Gasteiger partial charge is 0.246 e. The van der Waals surface area contributed by atoms with Crippen LogP contribution in [0.15, 0.2) is 82.4 Å². The number of carbonyl (C=O) groups is 9. The molecule has 718 valence electrons. The van der Waals surface area contributed by atoms with Crippen LogP contribution in [0.5, 0.6) is 0 Å². The number of alkyl halides is 2. The highest BCUT2D eigenvalue weighted by Gasteiger charge is 2.80. The molecule has 7 fully saturated rings. The number of rotatable bonds is 43. The molecule has 3 saturated heterocycles. The van der Waals surface area contributed by atoms with E-state index in [1.165, 1.54) is 26.0 Å². The van der Waals surface area contributed by atoms with Crippen molar-refractivity contribution in [3.63, 3.8) is 0 Å². The Labute approximate surface area is 755 Å². The van der Waals surface area contributed by atoms with E-state index in [4.69, 9.17) is 53.2 Å². The summed E-state index contributed by atoms with van der Waals surface area (Å²) in [6, 6.07) is 11.2. The van der Waals surface area contributed by atoms with E-state index in [0.29, 0.717) is 50.8 Å². The minimum Gasteiger partial charge on any atom is -0.394 e. The molecule has 4 heterocycles. The number of benzene rings is 2. The lowest BCUT2D eigenvalue weighted by atomic mass is 9.44. The van der Waals surface area contributed by atoms with Crippen molar-refractivity contribution >= 4 is 70.0 Å². The van der Waals surface area contributed by atoms with Gasteiger partial charge in [-0.3, -0.25) is 48.1 Å². The molecule has 0 spiro atoms. The highest BCUT2D eigenvalue weighted by Crippen LogP contribution is 2.72. The molecule has 2 aromatic rings. The van der Waals surface area contributed by atoms with Crippen molar-refractivity contribution < 1.29 is 135 Å². The summed E-state index contributed by atoms with van der Waals surface area (Å²) in [6.07, 6.45) is -14.7. The van der Waals surface area contributed by atoms with E-state index >= 15 is 13.6 Å². The number of halogens is 2. The molecular formula is C92H130F2N10O26. The molecule has 24 atom stereocenters. The zero-order chi connectivity index (χ0) is 93.8. The second-order valence-electron chi connectivity index (χ2n) is 35.6. The number of aliphatic hydroxyl groups is 7. The lowest BCUT2D eigenvalue weighted by molar-refractivity contribution is -0.339. The number of nitrogens with two attached hydrogens (primary N) is 1. The topological polar surface area (TPSA) is 514 Å². The average Bonchev–Trinajstić information content (AvgIpc) is 1.37. The molecule has 2 aromatic carbocycles. The maximum atomic E-state index is 18.2. The van der Waals surface area contributed by atoms with Crippen molar-refractivity contribution in [1.82, 2.24) is 31.9 Å². The number of para-hydroxylation sites is 1. The number of unbranched alkanes of at least 4 members (excludes halogenated alkanes) is 1. The Kier molecular flexibility index (Phi) is 36.8. The van der Waals surface area contributed by atoms with E-state index in [9.17, 15) is 74.1 Å². The number of amides is 7. The maximum absolute atomic E-state index is 18.2. The zero-order valence-corrected chi connectivity index (χ0v) is 75.0. The van der Waals surface area contributed by atoms with Crippen molar-refractivity contribution in [2.24, 2.45) is 44.5 Å². The summed E-state index contributed by atoms with van der Waals surface area (Å²) in [7, 11) is 0. The molecule has 130 heavy (non-hydrogen) atoms. The van der Waals surface area contributed by atoms with Crippen LogP contribution in [0, 0.1) is 40.4 Å². The number of nitrogens with zero attached hydrogens (tertiary/aromatic N) is 3. The second-order valence-corrected chi connectivity index (χ2v) is 35.6. The summed E-state index contributed by atoms with van der Waals surface area (Å²) in [4.78, 5) is 130.